The molecule has 0 aromatic heterocycles. The lowest BCUT2D eigenvalue weighted by Gasteiger charge is -2.32. The molecule has 30 heavy (non-hydrogen) atoms. The van der Waals surface area contributed by atoms with Gasteiger partial charge in [0.2, 0.25) is 10.0 Å². The van der Waals surface area contributed by atoms with Crippen LogP contribution >= 0.6 is 0 Å². The summed E-state index contributed by atoms with van der Waals surface area (Å²) in [6.07, 6.45) is 6.24. The van der Waals surface area contributed by atoms with Crippen molar-refractivity contribution in [1.82, 2.24) is 4.31 Å². The lowest BCUT2D eigenvalue weighted by atomic mass is 9.84. The van der Waals surface area contributed by atoms with Crippen LogP contribution in [0.3, 0.4) is 0 Å². The fraction of sp³-hybridized carbons (Fsp3) is 0.700. The van der Waals surface area contributed by atoms with Crippen molar-refractivity contribution in [2.75, 3.05) is 23.0 Å². The molecule has 10 heteroatoms. The highest BCUT2D eigenvalue weighted by atomic mass is 32.2. The minimum Gasteiger partial charge on any atom is -0.229 e. The average molecular weight is 476 g/mol. The van der Waals surface area contributed by atoms with E-state index in [0.29, 0.717) is 5.92 Å². The molecule has 7 nitrogen and oxygen atoms in total. The molecule has 1 saturated carbocycles. The van der Waals surface area contributed by atoms with E-state index in [1.165, 1.54) is 23.6 Å². The molecule has 0 bridgehead atoms. The Labute approximate surface area is 179 Å². The summed E-state index contributed by atoms with van der Waals surface area (Å²) in [5.74, 6) is -0.175. The van der Waals surface area contributed by atoms with E-state index < -0.39 is 41.8 Å². The van der Waals surface area contributed by atoms with E-state index in [4.69, 9.17) is 0 Å². The van der Waals surface area contributed by atoms with E-state index in [-0.39, 0.29) is 40.7 Å². The van der Waals surface area contributed by atoms with Gasteiger partial charge in [-0.25, -0.2) is 25.3 Å². The Balaban J connectivity index is 1.65. The van der Waals surface area contributed by atoms with Gasteiger partial charge in [-0.3, -0.25) is 0 Å². The fourth-order valence-electron chi connectivity index (χ4n) is 5.11. The molecule has 4 rings (SSSR count). The molecule has 2 aliphatic heterocycles. The SMILES string of the molecule is O=S1(=O)CC[C@@H](N([C@H]2CCS(=O)(=O)C2)S(=O)(=O)c2ccc(C3CCCCC3)cc2)C1. The predicted octanol–water partition coefficient (Wildman–Crippen LogP) is 2.10. The molecule has 168 valence electrons. The van der Waals surface area contributed by atoms with Crippen LogP contribution in [-0.4, -0.2) is 64.7 Å². The lowest BCUT2D eigenvalue weighted by molar-refractivity contribution is 0.280. The highest BCUT2D eigenvalue weighted by molar-refractivity contribution is 7.92. The zero-order valence-electron chi connectivity index (χ0n) is 16.9. The van der Waals surface area contributed by atoms with Crippen LogP contribution in [0.4, 0.5) is 0 Å². The van der Waals surface area contributed by atoms with E-state index >= 15 is 0 Å². The Kier molecular flexibility index (Phi) is 6.06. The molecule has 0 radical (unpaired) electrons. The van der Waals surface area contributed by atoms with Crippen LogP contribution in [0.5, 0.6) is 0 Å². The number of rotatable bonds is 5. The van der Waals surface area contributed by atoms with Gasteiger partial charge in [0, 0.05) is 12.1 Å². The van der Waals surface area contributed by atoms with Gasteiger partial charge in [0.1, 0.15) is 0 Å². The standard InChI is InChI=1S/C20H29NO6S3/c22-28(23)12-10-18(14-28)21(19-11-13-29(24,25)15-19)30(26,27)20-8-6-17(7-9-20)16-4-2-1-3-5-16/h6-9,16,18-19H,1-5,10-15H2/t18-,19+. The maximum absolute atomic E-state index is 13.6. The Bertz CT molecular complexity index is 1040. The molecular weight excluding hydrogens is 446 g/mol. The summed E-state index contributed by atoms with van der Waals surface area (Å²) < 4.78 is 76.4. The molecule has 3 aliphatic rings. The summed E-state index contributed by atoms with van der Waals surface area (Å²) in [4.78, 5) is 0.107. The van der Waals surface area contributed by atoms with Crippen LogP contribution in [0, 0.1) is 0 Å². The van der Waals surface area contributed by atoms with Crippen molar-refractivity contribution in [2.24, 2.45) is 0 Å². The number of nitrogens with zero attached hydrogens (tertiary/aromatic N) is 1. The van der Waals surface area contributed by atoms with Gasteiger partial charge in [-0.2, -0.15) is 4.31 Å². The molecule has 0 N–H and O–H groups in total. The number of hydrogen-bond acceptors (Lipinski definition) is 6. The normalized spacial score (nSPS) is 29.4. The summed E-state index contributed by atoms with van der Waals surface area (Å²) in [7, 11) is -10.6. The molecule has 1 aromatic carbocycles. The van der Waals surface area contributed by atoms with Crippen LogP contribution in [0.1, 0.15) is 56.4 Å². The van der Waals surface area contributed by atoms with Crippen molar-refractivity contribution in [3.8, 4) is 0 Å². The van der Waals surface area contributed by atoms with Crippen LogP contribution in [0.15, 0.2) is 29.2 Å². The van der Waals surface area contributed by atoms with E-state index in [9.17, 15) is 25.3 Å². The van der Waals surface area contributed by atoms with Crippen molar-refractivity contribution in [3.05, 3.63) is 29.8 Å². The topological polar surface area (TPSA) is 106 Å². The number of sulfone groups is 2. The summed E-state index contributed by atoms with van der Waals surface area (Å²) in [6, 6.07) is 5.49. The van der Waals surface area contributed by atoms with Crippen molar-refractivity contribution < 1.29 is 25.3 Å². The summed E-state index contributed by atoms with van der Waals surface area (Å²) in [5.41, 5.74) is 1.13. The van der Waals surface area contributed by atoms with Gasteiger partial charge in [0.05, 0.1) is 27.9 Å². The quantitative estimate of drug-likeness (QED) is 0.646. The third kappa shape index (κ3) is 4.61. The smallest absolute Gasteiger partial charge is 0.229 e. The minimum atomic E-state index is -4.01. The zero-order valence-corrected chi connectivity index (χ0v) is 19.4. The maximum atomic E-state index is 13.6. The summed E-state index contributed by atoms with van der Waals surface area (Å²) >= 11 is 0. The molecule has 2 saturated heterocycles. The van der Waals surface area contributed by atoms with Gasteiger partial charge in [-0.1, -0.05) is 31.4 Å². The summed E-state index contributed by atoms with van der Waals surface area (Å²) in [6.45, 7) is 0. The van der Waals surface area contributed by atoms with Crippen molar-refractivity contribution in [1.29, 1.82) is 0 Å². The number of hydrogen-bond donors (Lipinski definition) is 0. The van der Waals surface area contributed by atoms with Crippen LogP contribution in [-0.2, 0) is 29.7 Å². The van der Waals surface area contributed by atoms with Gasteiger partial charge in [0.25, 0.3) is 0 Å². The Morgan fingerprint density at radius 1 is 0.733 bits per heavy atom. The fourth-order valence-corrected chi connectivity index (χ4v) is 10.6. The lowest BCUT2D eigenvalue weighted by Crippen LogP contribution is -2.48. The van der Waals surface area contributed by atoms with Crippen molar-refractivity contribution in [3.63, 3.8) is 0 Å². The minimum absolute atomic E-state index is 0.0657. The molecule has 0 amide bonds. The molecule has 2 atom stereocenters. The zero-order chi connectivity index (χ0) is 21.6. The van der Waals surface area contributed by atoms with Crippen molar-refractivity contribution in [2.45, 2.75) is 67.8 Å². The van der Waals surface area contributed by atoms with Crippen LogP contribution < -0.4 is 0 Å². The number of sulfonamides is 1. The van der Waals surface area contributed by atoms with Gasteiger partial charge in [0.15, 0.2) is 19.7 Å². The molecule has 0 spiro atoms. The third-order valence-corrected chi connectivity index (χ3v) is 12.2. The first kappa shape index (κ1) is 22.2. The largest absolute Gasteiger partial charge is 0.243 e. The van der Waals surface area contributed by atoms with Gasteiger partial charge >= 0.3 is 0 Å². The molecule has 3 fully saturated rings. The van der Waals surface area contributed by atoms with E-state index in [1.807, 2.05) is 12.1 Å². The molecule has 2 heterocycles. The van der Waals surface area contributed by atoms with Crippen LogP contribution in [0.2, 0.25) is 0 Å². The van der Waals surface area contributed by atoms with E-state index in [0.717, 1.165) is 18.4 Å². The molecule has 1 aliphatic carbocycles. The Morgan fingerprint density at radius 3 is 1.67 bits per heavy atom. The van der Waals surface area contributed by atoms with E-state index in [2.05, 4.69) is 0 Å². The van der Waals surface area contributed by atoms with E-state index in [1.54, 1.807) is 12.1 Å². The second-order valence-electron chi connectivity index (χ2n) is 8.85. The first-order valence-corrected chi connectivity index (χ1v) is 15.7. The Morgan fingerprint density at radius 2 is 1.23 bits per heavy atom. The highest BCUT2D eigenvalue weighted by Gasteiger charge is 2.46. The van der Waals surface area contributed by atoms with Gasteiger partial charge in [-0.05, 0) is 49.3 Å². The molecule has 1 aromatic rings. The summed E-state index contributed by atoms with van der Waals surface area (Å²) in [5, 5.41) is 0. The third-order valence-electron chi connectivity index (χ3n) is 6.67. The monoisotopic (exact) mass is 475 g/mol. The number of benzene rings is 1. The van der Waals surface area contributed by atoms with Crippen LogP contribution in [0.25, 0.3) is 0 Å². The maximum Gasteiger partial charge on any atom is 0.243 e. The first-order valence-electron chi connectivity index (χ1n) is 10.6. The van der Waals surface area contributed by atoms with Crippen molar-refractivity contribution >= 4 is 29.7 Å². The highest BCUT2D eigenvalue weighted by Crippen LogP contribution is 2.35. The predicted molar refractivity (Wildman–Crippen MR) is 115 cm³/mol. The first-order chi connectivity index (χ1) is 14.1. The van der Waals surface area contributed by atoms with Gasteiger partial charge in [-0.15, -0.1) is 0 Å². The average Bonchev–Trinajstić information content (AvgIpc) is 3.23. The van der Waals surface area contributed by atoms with Gasteiger partial charge < -0.3 is 0 Å². The molecular formula is C20H29NO6S3. The second-order valence-corrected chi connectivity index (χ2v) is 15.2. The molecule has 0 unspecified atom stereocenters. The Hall–Kier alpha value is -0.970. The second kappa shape index (κ2) is 8.18.